The monoisotopic (exact) mass is 316 g/mol. The molecule has 0 amide bonds. The molecule has 0 aromatic heterocycles. The Hall–Kier alpha value is -0.120. The van der Waals surface area contributed by atoms with Gasteiger partial charge in [0.05, 0.1) is 11.7 Å². The molecule has 2 N–H and O–H groups in total. The van der Waals surface area contributed by atoms with Gasteiger partial charge in [-0.25, -0.2) is 0 Å². The van der Waals surface area contributed by atoms with Crippen LogP contribution in [0.2, 0.25) is 0 Å². The molecule has 0 bridgehead atoms. The third-order valence-electron chi connectivity index (χ3n) is 4.69. The lowest BCUT2D eigenvalue weighted by Gasteiger charge is -2.22. The average molecular weight is 317 g/mol. The summed E-state index contributed by atoms with van der Waals surface area (Å²) in [4.78, 5) is 0. The summed E-state index contributed by atoms with van der Waals surface area (Å²) in [6, 6.07) is 0. The number of aliphatic hydroxyl groups is 2. The molecule has 1 unspecified atom stereocenters. The molecule has 3 nitrogen and oxygen atoms in total. The zero-order valence-electron chi connectivity index (χ0n) is 15.7. The van der Waals surface area contributed by atoms with Gasteiger partial charge < -0.3 is 14.9 Å². The van der Waals surface area contributed by atoms with Gasteiger partial charge in [0.25, 0.3) is 0 Å². The van der Waals surface area contributed by atoms with Crippen LogP contribution in [0.4, 0.5) is 0 Å². The van der Waals surface area contributed by atoms with Crippen molar-refractivity contribution in [3.8, 4) is 0 Å². The Morgan fingerprint density at radius 2 is 1.32 bits per heavy atom. The standard InChI is InChI=1S/C19H40O3/c1-18(2,16-20)14-10-6-8-12-17(21)13-9-7-11-15-19(3,4)22-5/h17,20-21H,6-16H2,1-5H3. The largest absolute Gasteiger partial charge is 0.396 e. The van der Waals surface area contributed by atoms with Crippen LogP contribution in [0.3, 0.4) is 0 Å². The van der Waals surface area contributed by atoms with Crippen molar-refractivity contribution in [2.45, 2.75) is 104 Å². The quantitative estimate of drug-likeness (QED) is 0.457. The van der Waals surface area contributed by atoms with Crippen LogP contribution in [0.1, 0.15) is 91.9 Å². The number of hydrogen-bond acceptors (Lipinski definition) is 3. The molecule has 0 spiro atoms. The zero-order valence-corrected chi connectivity index (χ0v) is 15.7. The highest BCUT2D eigenvalue weighted by atomic mass is 16.5. The van der Waals surface area contributed by atoms with Crippen molar-refractivity contribution in [3.63, 3.8) is 0 Å². The minimum Gasteiger partial charge on any atom is -0.396 e. The van der Waals surface area contributed by atoms with Gasteiger partial charge in [-0.15, -0.1) is 0 Å². The maximum atomic E-state index is 10.00. The molecule has 0 rings (SSSR count). The maximum Gasteiger partial charge on any atom is 0.0622 e. The second kappa shape index (κ2) is 11.4. The highest BCUT2D eigenvalue weighted by molar-refractivity contribution is 4.68. The first-order valence-corrected chi connectivity index (χ1v) is 9.06. The lowest BCUT2D eigenvalue weighted by Crippen LogP contribution is -2.21. The van der Waals surface area contributed by atoms with Gasteiger partial charge in [0, 0.05) is 13.7 Å². The van der Waals surface area contributed by atoms with Crippen molar-refractivity contribution >= 4 is 0 Å². The molecule has 0 aliphatic rings. The molecule has 0 aliphatic carbocycles. The second-order valence-electron chi connectivity index (χ2n) is 8.14. The summed E-state index contributed by atoms with van der Waals surface area (Å²) < 4.78 is 5.41. The topological polar surface area (TPSA) is 49.7 Å². The fraction of sp³-hybridized carbons (Fsp3) is 1.00. The minimum atomic E-state index is -0.138. The van der Waals surface area contributed by atoms with E-state index in [1.165, 1.54) is 12.8 Å². The lowest BCUT2D eigenvalue weighted by molar-refractivity contribution is 0.0132. The SMILES string of the molecule is COC(C)(C)CCCCCC(O)CCCCCC(C)(C)CO. The Bertz CT molecular complexity index is 235. The molecular formula is C19H40O3. The van der Waals surface area contributed by atoms with E-state index in [4.69, 9.17) is 4.74 Å². The Morgan fingerprint density at radius 3 is 1.77 bits per heavy atom. The Kier molecular flexibility index (Phi) is 11.4. The van der Waals surface area contributed by atoms with Crippen LogP contribution in [0, 0.1) is 5.41 Å². The van der Waals surface area contributed by atoms with E-state index in [1.807, 2.05) is 0 Å². The van der Waals surface area contributed by atoms with Crippen molar-refractivity contribution in [1.29, 1.82) is 0 Å². The van der Waals surface area contributed by atoms with Crippen LogP contribution in [0.25, 0.3) is 0 Å². The normalized spacial score (nSPS) is 14.3. The van der Waals surface area contributed by atoms with Crippen LogP contribution in [-0.2, 0) is 4.74 Å². The second-order valence-corrected chi connectivity index (χ2v) is 8.14. The Morgan fingerprint density at radius 1 is 0.818 bits per heavy atom. The van der Waals surface area contributed by atoms with Crippen LogP contribution in [-0.4, -0.2) is 35.6 Å². The smallest absolute Gasteiger partial charge is 0.0622 e. The van der Waals surface area contributed by atoms with Gasteiger partial charge in [-0.05, 0) is 44.9 Å². The maximum absolute atomic E-state index is 10.00. The fourth-order valence-electron chi connectivity index (χ4n) is 2.59. The summed E-state index contributed by atoms with van der Waals surface area (Å²) in [5, 5.41) is 19.2. The number of rotatable bonds is 14. The summed E-state index contributed by atoms with van der Waals surface area (Å²) in [5.41, 5.74) is 0.0373. The minimum absolute atomic E-state index is 0.0129. The summed E-state index contributed by atoms with van der Waals surface area (Å²) >= 11 is 0. The molecule has 22 heavy (non-hydrogen) atoms. The van der Waals surface area contributed by atoms with Crippen LogP contribution in [0.5, 0.6) is 0 Å². The first-order chi connectivity index (χ1) is 10.2. The zero-order chi connectivity index (χ0) is 17.1. The summed E-state index contributed by atoms with van der Waals surface area (Å²) in [5.74, 6) is 0. The van der Waals surface area contributed by atoms with Crippen LogP contribution < -0.4 is 0 Å². The first kappa shape index (κ1) is 21.9. The van der Waals surface area contributed by atoms with E-state index in [0.29, 0.717) is 0 Å². The molecule has 0 fully saturated rings. The van der Waals surface area contributed by atoms with Gasteiger partial charge in [0.2, 0.25) is 0 Å². The van der Waals surface area contributed by atoms with Gasteiger partial charge >= 0.3 is 0 Å². The van der Waals surface area contributed by atoms with Crippen molar-refractivity contribution in [2.75, 3.05) is 13.7 Å². The van der Waals surface area contributed by atoms with Crippen molar-refractivity contribution < 1.29 is 14.9 Å². The highest BCUT2D eigenvalue weighted by Crippen LogP contribution is 2.23. The molecule has 0 saturated heterocycles. The van der Waals surface area contributed by atoms with E-state index in [1.54, 1.807) is 7.11 Å². The molecule has 0 radical (unpaired) electrons. The number of hydrogen-bond donors (Lipinski definition) is 2. The Labute approximate surface area is 138 Å². The summed E-state index contributed by atoms with van der Waals surface area (Å²) in [6.45, 7) is 8.72. The molecule has 3 heteroatoms. The highest BCUT2D eigenvalue weighted by Gasteiger charge is 2.16. The number of methoxy groups -OCH3 is 1. The number of unbranched alkanes of at least 4 members (excludes halogenated alkanes) is 4. The van der Waals surface area contributed by atoms with E-state index < -0.39 is 0 Å². The summed E-state index contributed by atoms with van der Waals surface area (Å²) in [7, 11) is 1.77. The molecule has 0 heterocycles. The van der Waals surface area contributed by atoms with Gasteiger partial charge in [0.1, 0.15) is 0 Å². The average Bonchev–Trinajstić information content (AvgIpc) is 2.46. The first-order valence-electron chi connectivity index (χ1n) is 9.06. The van der Waals surface area contributed by atoms with E-state index in [9.17, 15) is 10.2 Å². The lowest BCUT2D eigenvalue weighted by atomic mass is 9.88. The fourth-order valence-corrected chi connectivity index (χ4v) is 2.59. The van der Waals surface area contributed by atoms with Crippen LogP contribution >= 0.6 is 0 Å². The molecule has 0 saturated carbocycles. The van der Waals surface area contributed by atoms with E-state index >= 15 is 0 Å². The van der Waals surface area contributed by atoms with E-state index in [-0.39, 0.29) is 23.7 Å². The Balaban J connectivity index is 3.46. The van der Waals surface area contributed by atoms with Crippen LogP contribution in [0.15, 0.2) is 0 Å². The van der Waals surface area contributed by atoms with Gasteiger partial charge in [0.15, 0.2) is 0 Å². The number of ether oxygens (including phenoxy) is 1. The predicted octanol–water partition coefficient (Wildman–Crippen LogP) is 4.69. The molecule has 0 aromatic carbocycles. The summed E-state index contributed by atoms with van der Waals surface area (Å²) in [6.07, 6.45) is 10.7. The van der Waals surface area contributed by atoms with Gasteiger partial charge in [-0.1, -0.05) is 52.4 Å². The van der Waals surface area contributed by atoms with Gasteiger partial charge in [-0.2, -0.15) is 0 Å². The van der Waals surface area contributed by atoms with Crippen molar-refractivity contribution in [2.24, 2.45) is 5.41 Å². The van der Waals surface area contributed by atoms with Crippen molar-refractivity contribution in [1.82, 2.24) is 0 Å². The number of aliphatic hydroxyl groups excluding tert-OH is 2. The van der Waals surface area contributed by atoms with E-state index in [2.05, 4.69) is 27.7 Å². The molecule has 0 aromatic rings. The molecule has 134 valence electrons. The van der Waals surface area contributed by atoms with E-state index in [0.717, 1.165) is 51.4 Å². The third-order valence-corrected chi connectivity index (χ3v) is 4.69. The van der Waals surface area contributed by atoms with Gasteiger partial charge in [-0.3, -0.25) is 0 Å². The third kappa shape index (κ3) is 12.4. The van der Waals surface area contributed by atoms with Crippen molar-refractivity contribution in [3.05, 3.63) is 0 Å². The predicted molar refractivity (Wildman–Crippen MR) is 94.1 cm³/mol. The molecule has 1 atom stereocenters. The molecule has 0 aliphatic heterocycles. The molecular weight excluding hydrogens is 276 g/mol.